The van der Waals surface area contributed by atoms with Gasteiger partial charge in [-0.1, -0.05) is 6.92 Å². The molecule has 134 valence electrons. The standard InChI is InChI=1S/C17H33N3O2S/c1-3-18-16(19-10-5-11-22-12-14-6-7-14)20-13-17(21)9-8-15(17)23-4-2/h14-15,21H,3-13H2,1-2H3,(H2,18,19,20). The second kappa shape index (κ2) is 9.74. The smallest absolute Gasteiger partial charge is 0.191 e. The molecule has 2 atom stereocenters. The molecule has 0 radical (unpaired) electrons. The second-order valence-corrected chi connectivity index (χ2v) is 8.06. The van der Waals surface area contributed by atoms with E-state index < -0.39 is 5.60 Å². The van der Waals surface area contributed by atoms with Crippen molar-refractivity contribution in [3.8, 4) is 0 Å². The van der Waals surface area contributed by atoms with E-state index in [1.165, 1.54) is 12.8 Å². The van der Waals surface area contributed by atoms with E-state index in [4.69, 9.17) is 4.74 Å². The average molecular weight is 344 g/mol. The van der Waals surface area contributed by atoms with Crippen LogP contribution in [0.15, 0.2) is 4.99 Å². The lowest BCUT2D eigenvalue weighted by atomic mass is 9.79. The summed E-state index contributed by atoms with van der Waals surface area (Å²) in [7, 11) is 0. The summed E-state index contributed by atoms with van der Waals surface area (Å²) >= 11 is 1.85. The predicted molar refractivity (Wildman–Crippen MR) is 98.2 cm³/mol. The van der Waals surface area contributed by atoms with Gasteiger partial charge >= 0.3 is 0 Å². The molecule has 0 amide bonds. The molecule has 23 heavy (non-hydrogen) atoms. The van der Waals surface area contributed by atoms with Crippen molar-refractivity contribution in [3.63, 3.8) is 0 Å². The lowest BCUT2D eigenvalue weighted by Gasteiger charge is -2.44. The quantitative estimate of drug-likeness (QED) is 0.304. The number of thioether (sulfide) groups is 1. The Morgan fingerprint density at radius 1 is 1.30 bits per heavy atom. The molecule has 0 saturated heterocycles. The minimum absolute atomic E-state index is 0.343. The molecule has 2 fully saturated rings. The third-order valence-electron chi connectivity index (χ3n) is 4.47. The van der Waals surface area contributed by atoms with Gasteiger partial charge in [0.05, 0.1) is 12.1 Å². The average Bonchev–Trinajstić information content (AvgIpc) is 3.36. The molecule has 0 aromatic rings. The van der Waals surface area contributed by atoms with Crippen LogP contribution in [0.25, 0.3) is 0 Å². The highest BCUT2D eigenvalue weighted by molar-refractivity contribution is 8.00. The summed E-state index contributed by atoms with van der Waals surface area (Å²) in [4.78, 5) is 4.59. The van der Waals surface area contributed by atoms with Crippen LogP contribution in [0.3, 0.4) is 0 Å². The summed E-state index contributed by atoms with van der Waals surface area (Å²) in [6.45, 7) is 8.10. The SMILES string of the molecule is CCNC(=NCC1(O)CCC1SCC)NCCCOCC1CC1. The zero-order valence-electron chi connectivity index (χ0n) is 14.6. The van der Waals surface area contributed by atoms with Gasteiger partial charge in [0, 0.05) is 31.6 Å². The minimum Gasteiger partial charge on any atom is -0.387 e. The second-order valence-electron chi connectivity index (χ2n) is 6.58. The number of nitrogens with zero attached hydrogens (tertiary/aromatic N) is 1. The fourth-order valence-corrected chi connectivity index (χ4v) is 3.88. The van der Waals surface area contributed by atoms with E-state index in [1.54, 1.807) is 0 Å². The Kier molecular flexibility index (Phi) is 7.99. The Morgan fingerprint density at radius 3 is 2.74 bits per heavy atom. The van der Waals surface area contributed by atoms with Crippen LogP contribution in [0.1, 0.15) is 46.0 Å². The van der Waals surface area contributed by atoms with E-state index in [0.717, 1.165) is 63.2 Å². The van der Waals surface area contributed by atoms with Crippen LogP contribution < -0.4 is 10.6 Å². The summed E-state index contributed by atoms with van der Waals surface area (Å²) in [6.07, 6.45) is 5.64. The van der Waals surface area contributed by atoms with Crippen LogP contribution in [0.4, 0.5) is 0 Å². The molecule has 0 aromatic carbocycles. The molecule has 6 heteroatoms. The lowest BCUT2D eigenvalue weighted by molar-refractivity contribution is -0.0154. The number of aliphatic imine (C=N–C) groups is 1. The van der Waals surface area contributed by atoms with Gasteiger partial charge in [-0.25, -0.2) is 0 Å². The van der Waals surface area contributed by atoms with Gasteiger partial charge < -0.3 is 20.5 Å². The molecule has 2 unspecified atom stereocenters. The van der Waals surface area contributed by atoms with Gasteiger partial charge in [-0.15, -0.1) is 0 Å². The van der Waals surface area contributed by atoms with Crippen LogP contribution in [0.2, 0.25) is 0 Å². The van der Waals surface area contributed by atoms with Crippen molar-refractivity contribution in [2.75, 3.05) is 38.6 Å². The molecular weight excluding hydrogens is 310 g/mol. The Hall–Kier alpha value is -0.460. The molecule has 2 aliphatic carbocycles. The van der Waals surface area contributed by atoms with E-state index in [-0.39, 0.29) is 0 Å². The van der Waals surface area contributed by atoms with Gasteiger partial charge in [0.15, 0.2) is 5.96 Å². The fourth-order valence-electron chi connectivity index (χ4n) is 2.69. The van der Waals surface area contributed by atoms with Crippen molar-refractivity contribution in [2.45, 2.75) is 56.8 Å². The molecule has 2 saturated carbocycles. The van der Waals surface area contributed by atoms with Crippen molar-refractivity contribution >= 4 is 17.7 Å². The van der Waals surface area contributed by atoms with Crippen LogP contribution in [0.5, 0.6) is 0 Å². The fraction of sp³-hybridized carbons (Fsp3) is 0.941. The highest BCUT2D eigenvalue weighted by Crippen LogP contribution is 2.41. The molecule has 0 spiro atoms. The number of ether oxygens (including phenoxy) is 1. The number of hydrogen-bond donors (Lipinski definition) is 3. The molecule has 0 bridgehead atoms. The Balaban J connectivity index is 1.64. The van der Waals surface area contributed by atoms with E-state index in [0.29, 0.717) is 11.8 Å². The maximum atomic E-state index is 10.6. The van der Waals surface area contributed by atoms with Crippen molar-refractivity contribution in [3.05, 3.63) is 0 Å². The molecule has 3 N–H and O–H groups in total. The number of aliphatic hydroxyl groups is 1. The van der Waals surface area contributed by atoms with Gasteiger partial charge in [0.25, 0.3) is 0 Å². The largest absolute Gasteiger partial charge is 0.387 e. The first-order valence-corrected chi connectivity index (χ1v) is 10.2. The van der Waals surface area contributed by atoms with E-state index in [9.17, 15) is 5.11 Å². The molecule has 0 aliphatic heterocycles. The van der Waals surface area contributed by atoms with E-state index in [1.807, 2.05) is 11.8 Å². The van der Waals surface area contributed by atoms with Gasteiger partial charge in [-0.3, -0.25) is 4.99 Å². The third-order valence-corrected chi connectivity index (χ3v) is 5.88. The summed E-state index contributed by atoms with van der Waals surface area (Å²) in [6, 6.07) is 0. The monoisotopic (exact) mass is 343 g/mol. The van der Waals surface area contributed by atoms with E-state index in [2.05, 4.69) is 29.5 Å². The number of rotatable bonds is 11. The topological polar surface area (TPSA) is 65.9 Å². The van der Waals surface area contributed by atoms with Crippen molar-refractivity contribution < 1.29 is 9.84 Å². The van der Waals surface area contributed by atoms with Gasteiger partial charge in [-0.05, 0) is 50.7 Å². The lowest BCUT2D eigenvalue weighted by Crippen LogP contribution is -2.53. The molecule has 5 nitrogen and oxygen atoms in total. The van der Waals surface area contributed by atoms with Crippen LogP contribution in [0, 0.1) is 5.92 Å². The van der Waals surface area contributed by atoms with Crippen LogP contribution >= 0.6 is 11.8 Å². The first kappa shape index (κ1) is 18.9. The zero-order valence-corrected chi connectivity index (χ0v) is 15.5. The normalized spacial score (nSPS) is 27.6. The van der Waals surface area contributed by atoms with Crippen LogP contribution in [-0.4, -0.2) is 60.5 Å². The summed E-state index contributed by atoms with van der Waals surface area (Å²) in [5.74, 6) is 2.69. The van der Waals surface area contributed by atoms with Gasteiger partial charge in [0.1, 0.15) is 0 Å². The number of hydrogen-bond acceptors (Lipinski definition) is 4. The van der Waals surface area contributed by atoms with E-state index >= 15 is 0 Å². The maximum absolute atomic E-state index is 10.6. The molecular formula is C17H33N3O2S. The Morgan fingerprint density at radius 2 is 2.13 bits per heavy atom. The van der Waals surface area contributed by atoms with Gasteiger partial charge in [-0.2, -0.15) is 11.8 Å². The molecule has 2 aliphatic rings. The Labute approximate surface area is 145 Å². The predicted octanol–water partition coefficient (Wildman–Crippen LogP) is 2.00. The number of nitrogens with one attached hydrogen (secondary N) is 2. The highest BCUT2D eigenvalue weighted by atomic mass is 32.2. The van der Waals surface area contributed by atoms with Crippen molar-refractivity contribution in [1.82, 2.24) is 10.6 Å². The summed E-state index contributed by atoms with van der Waals surface area (Å²) < 4.78 is 5.64. The maximum Gasteiger partial charge on any atom is 0.191 e. The zero-order chi connectivity index (χ0) is 16.5. The Bertz CT molecular complexity index is 377. The number of guanidine groups is 1. The molecule has 0 heterocycles. The first-order chi connectivity index (χ1) is 11.2. The van der Waals surface area contributed by atoms with Crippen molar-refractivity contribution in [1.29, 1.82) is 0 Å². The third kappa shape index (κ3) is 6.51. The molecule has 2 rings (SSSR count). The van der Waals surface area contributed by atoms with Crippen LogP contribution in [-0.2, 0) is 4.74 Å². The molecule has 0 aromatic heterocycles. The minimum atomic E-state index is -0.615. The summed E-state index contributed by atoms with van der Waals surface area (Å²) in [5, 5.41) is 17.5. The highest BCUT2D eigenvalue weighted by Gasteiger charge is 2.45. The van der Waals surface area contributed by atoms with Gasteiger partial charge in [0.2, 0.25) is 0 Å². The van der Waals surface area contributed by atoms with Crippen molar-refractivity contribution in [2.24, 2.45) is 10.9 Å². The summed E-state index contributed by atoms with van der Waals surface area (Å²) in [5.41, 5.74) is -0.615. The first-order valence-electron chi connectivity index (χ1n) is 9.12.